The Bertz CT molecular complexity index is 580. The summed E-state index contributed by atoms with van der Waals surface area (Å²) in [6.45, 7) is 0.776. The number of carbonyl (C=O) groups is 2. The van der Waals surface area contributed by atoms with Crippen LogP contribution in [0.1, 0.15) is 25.3 Å². The Labute approximate surface area is 139 Å². The lowest BCUT2D eigenvalue weighted by Crippen LogP contribution is -2.40. The molecule has 0 spiro atoms. The summed E-state index contributed by atoms with van der Waals surface area (Å²) in [6, 6.07) is 8.48. The molecule has 0 aromatic heterocycles. The number of amides is 2. The van der Waals surface area contributed by atoms with E-state index in [1.807, 2.05) is 30.3 Å². The normalized spacial score (nSPS) is 19.3. The monoisotopic (exact) mass is 340 g/mol. The first-order chi connectivity index (χ1) is 11.3. The molecule has 2 rings (SSSR count). The molecule has 24 heavy (non-hydrogen) atoms. The standard InChI is InChI=1S/C17H22F2N2O3/c1-13(23)20(10-14-5-3-2-4-6-14)8-7-16(24)21-12-17(18,19)9-15(21)11-22/h2-6,15,22H,7-12H2,1H3. The van der Waals surface area contributed by atoms with Crippen LogP contribution >= 0.6 is 0 Å². The van der Waals surface area contributed by atoms with Crippen molar-refractivity contribution in [2.24, 2.45) is 0 Å². The summed E-state index contributed by atoms with van der Waals surface area (Å²) < 4.78 is 26.9. The Morgan fingerprint density at radius 2 is 2.00 bits per heavy atom. The van der Waals surface area contributed by atoms with Gasteiger partial charge in [0.15, 0.2) is 0 Å². The second-order valence-electron chi connectivity index (χ2n) is 6.09. The van der Waals surface area contributed by atoms with Gasteiger partial charge >= 0.3 is 0 Å². The zero-order valence-electron chi connectivity index (χ0n) is 13.6. The highest BCUT2D eigenvalue weighted by atomic mass is 19.3. The summed E-state index contributed by atoms with van der Waals surface area (Å²) in [5, 5.41) is 9.19. The SMILES string of the molecule is CC(=O)N(CCC(=O)N1CC(F)(F)CC1CO)Cc1ccccc1. The molecule has 0 saturated carbocycles. The molecule has 1 atom stereocenters. The van der Waals surface area contributed by atoms with Crippen molar-refractivity contribution in [3.63, 3.8) is 0 Å². The van der Waals surface area contributed by atoms with Crippen molar-refractivity contribution >= 4 is 11.8 Å². The minimum atomic E-state index is -2.96. The van der Waals surface area contributed by atoms with Gasteiger partial charge in [0, 0.05) is 32.9 Å². The number of halogens is 2. The topological polar surface area (TPSA) is 60.9 Å². The van der Waals surface area contributed by atoms with Gasteiger partial charge in [-0.3, -0.25) is 9.59 Å². The molecule has 1 saturated heterocycles. The lowest BCUT2D eigenvalue weighted by Gasteiger charge is -2.25. The highest BCUT2D eigenvalue weighted by molar-refractivity contribution is 5.78. The fourth-order valence-corrected chi connectivity index (χ4v) is 2.88. The van der Waals surface area contributed by atoms with Gasteiger partial charge < -0.3 is 14.9 Å². The van der Waals surface area contributed by atoms with Crippen molar-refractivity contribution in [1.29, 1.82) is 0 Å². The third-order valence-corrected chi connectivity index (χ3v) is 4.16. The second-order valence-corrected chi connectivity index (χ2v) is 6.09. The van der Waals surface area contributed by atoms with Crippen LogP contribution in [0.15, 0.2) is 30.3 Å². The molecule has 1 aliphatic rings. The minimum absolute atomic E-state index is 0.0427. The van der Waals surface area contributed by atoms with Crippen LogP contribution in [0.3, 0.4) is 0 Å². The molecule has 0 bridgehead atoms. The van der Waals surface area contributed by atoms with E-state index in [9.17, 15) is 23.5 Å². The lowest BCUT2D eigenvalue weighted by molar-refractivity contribution is -0.135. The quantitative estimate of drug-likeness (QED) is 0.857. The number of aliphatic hydroxyl groups is 1. The van der Waals surface area contributed by atoms with Gasteiger partial charge in [-0.05, 0) is 5.56 Å². The highest BCUT2D eigenvalue weighted by Crippen LogP contribution is 2.32. The van der Waals surface area contributed by atoms with E-state index in [1.165, 1.54) is 11.8 Å². The number of aliphatic hydroxyl groups excluding tert-OH is 1. The van der Waals surface area contributed by atoms with E-state index in [1.54, 1.807) is 0 Å². The lowest BCUT2D eigenvalue weighted by atomic mass is 10.2. The summed E-state index contributed by atoms with van der Waals surface area (Å²) in [6.07, 6.45) is -0.561. The van der Waals surface area contributed by atoms with Gasteiger partial charge in [-0.15, -0.1) is 0 Å². The molecule has 0 aliphatic carbocycles. The van der Waals surface area contributed by atoms with Crippen molar-refractivity contribution in [2.75, 3.05) is 19.7 Å². The maximum absolute atomic E-state index is 13.4. The predicted octanol–water partition coefficient (Wildman–Crippen LogP) is 1.65. The molecular formula is C17H22F2N2O3. The molecule has 132 valence electrons. The number of likely N-dealkylation sites (tertiary alicyclic amines) is 1. The van der Waals surface area contributed by atoms with Gasteiger partial charge in [0.05, 0.1) is 19.2 Å². The van der Waals surface area contributed by atoms with Crippen LogP contribution in [0.25, 0.3) is 0 Å². The Kier molecular flexibility index (Phi) is 5.88. The largest absolute Gasteiger partial charge is 0.394 e. The molecule has 1 aromatic rings. The molecule has 1 aliphatic heterocycles. The van der Waals surface area contributed by atoms with E-state index in [0.717, 1.165) is 10.5 Å². The van der Waals surface area contributed by atoms with Crippen LogP contribution in [0.2, 0.25) is 0 Å². The summed E-state index contributed by atoms with van der Waals surface area (Å²) in [4.78, 5) is 26.5. The number of carbonyl (C=O) groups excluding carboxylic acids is 2. The Morgan fingerprint density at radius 1 is 1.33 bits per heavy atom. The molecule has 1 fully saturated rings. The molecule has 1 N–H and O–H groups in total. The fraction of sp³-hybridized carbons (Fsp3) is 0.529. The fourth-order valence-electron chi connectivity index (χ4n) is 2.88. The van der Waals surface area contributed by atoms with Crippen LogP contribution in [0.5, 0.6) is 0 Å². The van der Waals surface area contributed by atoms with Gasteiger partial charge in [-0.25, -0.2) is 8.78 Å². The van der Waals surface area contributed by atoms with Gasteiger partial charge in [0.1, 0.15) is 0 Å². The van der Waals surface area contributed by atoms with Crippen LogP contribution in [-0.2, 0) is 16.1 Å². The van der Waals surface area contributed by atoms with Gasteiger partial charge in [0.25, 0.3) is 5.92 Å². The van der Waals surface area contributed by atoms with Gasteiger partial charge in [0.2, 0.25) is 11.8 Å². The van der Waals surface area contributed by atoms with Crippen molar-refractivity contribution < 1.29 is 23.5 Å². The van der Waals surface area contributed by atoms with Crippen LogP contribution in [0.4, 0.5) is 8.78 Å². The van der Waals surface area contributed by atoms with E-state index in [4.69, 9.17) is 0 Å². The average molecular weight is 340 g/mol. The molecule has 1 aromatic carbocycles. The van der Waals surface area contributed by atoms with Crippen molar-refractivity contribution in [3.8, 4) is 0 Å². The molecular weight excluding hydrogens is 318 g/mol. The number of nitrogens with zero attached hydrogens (tertiary/aromatic N) is 2. The van der Waals surface area contributed by atoms with E-state index in [-0.39, 0.29) is 18.9 Å². The van der Waals surface area contributed by atoms with Crippen LogP contribution in [-0.4, -0.2) is 58.4 Å². The average Bonchev–Trinajstić information content (AvgIpc) is 2.87. The van der Waals surface area contributed by atoms with E-state index >= 15 is 0 Å². The van der Waals surface area contributed by atoms with Crippen molar-refractivity contribution in [2.45, 2.75) is 38.3 Å². The molecule has 1 heterocycles. The van der Waals surface area contributed by atoms with Crippen molar-refractivity contribution in [1.82, 2.24) is 9.80 Å². The number of rotatable bonds is 6. The number of alkyl halides is 2. The first-order valence-corrected chi connectivity index (χ1v) is 7.90. The van der Waals surface area contributed by atoms with E-state index in [0.29, 0.717) is 6.54 Å². The first kappa shape index (κ1) is 18.3. The summed E-state index contributed by atoms with van der Waals surface area (Å²) >= 11 is 0. The van der Waals surface area contributed by atoms with Crippen LogP contribution < -0.4 is 0 Å². The second kappa shape index (κ2) is 7.70. The molecule has 1 unspecified atom stereocenters. The molecule has 2 amide bonds. The summed E-state index contributed by atoms with van der Waals surface area (Å²) in [5.74, 6) is -3.62. The third-order valence-electron chi connectivity index (χ3n) is 4.16. The van der Waals surface area contributed by atoms with Gasteiger partial charge in [-0.1, -0.05) is 30.3 Å². The molecule has 7 heteroatoms. The Morgan fingerprint density at radius 3 is 2.58 bits per heavy atom. The Hall–Kier alpha value is -2.02. The van der Waals surface area contributed by atoms with Crippen molar-refractivity contribution in [3.05, 3.63) is 35.9 Å². The number of hydrogen-bond donors (Lipinski definition) is 1. The zero-order valence-corrected chi connectivity index (χ0v) is 13.6. The maximum atomic E-state index is 13.4. The predicted molar refractivity (Wildman–Crippen MR) is 84.3 cm³/mol. The molecule has 5 nitrogen and oxygen atoms in total. The Balaban J connectivity index is 1.94. The third kappa shape index (κ3) is 4.74. The first-order valence-electron chi connectivity index (χ1n) is 7.90. The summed E-state index contributed by atoms with van der Waals surface area (Å²) in [7, 11) is 0. The van der Waals surface area contributed by atoms with E-state index < -0.39 is 37.4 Å². The minimum Gasteiger partial charge on any atom is -0.394 e. The number of hydrogen-bond acceptors (Lipinski definition) is 3. The van der Waals surface area contributed by atoms with E-state index in [2.05, 4.69) is 0 Å². The highest BCUT2D eigenvalue weighted by Gasteiger charge is 2.46. The number of benzene rings is 1. The summed E-state index contributed by atoms with van der Waals surface area (Å²) in [5.41, 5.74) is 0.932. The molecule has 0 radical (unpaired) electrons. The van der Waals surface area contributed by atoms with Crippen LogP contribution in [0, 0.1) is 0 Å². The smallest absolute Gasteiger partial charge is 0.267 e. The zero-order chi connectivity index (χ0) is 17.7. The van der Waals surface area contributed by atoms with Gasteiger partial charge in [-0.2, -0.15) is 0 Å². The maximum Gasteiger partial charge on any atom is 0.267 e.